The molecule has 23 heavy (non-hydrogen) atoms. The second-order valence-corrected chi connectivity index (χ2v) is 6.16. The molecule has 0 radical (unpaired) electrons. The number of nitrogens with zero attached hydrogens (tertiary/aromatic N) is 1. The van der Waals surface area contributed by atoms with Crippen LogP contribution in [0.3, 0.4) is 0 Å². The molecule has 0 aromatic heterocycles. The minimum Gasteiger partial charge on any atom is -0.480 e. The minimum atomic E-state index is -1.38. The lowest BCUT2D eigenvalue weighted by Gasteiger charge is -2.33. The van der Waals surface area contributed by atoms with Crippen molar-refractivity contribution in [1.82, 2.24) is 4.90 Å². The molecule has 1 saturated heterocycles. The smallest absolute Gasteiger partial charge is 0.326 e. The molecule has 1 heterocycles. The number of carboxylic acid groups (broad SMARTS) is 1. The molecule has 1 amide bonds. The summed E-state index contributed by atoms with van der Waals surface area (Å²) >= 11 is 0. The summed E-state index contributed by atoms with van der Waals surface area (Å²) in [4.78, 5) is 25.3. The van der Waals surface area contributed by atoms with E-state index in [9.17, 15) is 27.9 Å². The number of carbonyl (C=O) groups is 2. The normalized spacial score (nSPS) is 26.9. The molecule has 1 aromatic carbocycles. The molecule has 4 nitrogen and oxygen atoms in total. The summed E-state index contributed by atoms with van der Waals surface area (Å²) < 4.78 is 40.3. The molecule has 0 spiro atoms. The van der Waals surface area contributed by atoms with E-state index in [0.29, 0.717) is 25.0 Å². The average molecular weight is 327 g/mol. The van der Waals surface area contributed by atoms with Crippen molar-refractivity contribution in [2.45, 2.75) is 44.2 Å². The van der Waals surface area contributed by atoms with Crippen molar-refractivity contribution in [2.75, 3.05) is 0 Å². The van der Waals surface area contributed by atoms with Crippen LogP contribution in [0.25, 0.3) is 0 Å². The molecule has 124 valence electrons. The number of carbonyl (C=O) groups excluding carboxylic acids is 1. The van der Waals surface area contributed by atoms with Gasteiger partial charge in [-0.2, -0.15) is 0 Å². The Hall–Kier alpha value is -2.05. The Labute approximate surface area is 130 Å². The highest BCUT2D eigenvalue weighted by atomic mass is 19.2. The maximum atomic E-state index is 13.9. The van der Waals surface area contributed by atoms with Crippen LogP contribution in [0.1, 0.15) is 42.5 Å². The number of benzene rings is 1. The molecule has 3 atom stereocenters. The molecular formula is C16H16F3NO3. The SMILES string of the molecule is O=C(O)C1CC2CCCCC2N1C(=O)c1cc(F)c(F)cc1F. The third-order valence-corrected chi connectivity index (χ3v) is 4.85. The maximum absolute atomic E-state index is 13.9. The Morgan fingerprint density at radius 2 is 1.70 bits per heavy atom. The molecule has 1 aromatic rings. The van der Waals surface area contributed by atoms with Crippen molar-refractivity contribution in [2.24, 2.45) is 5.92 Å². The number of hydrogen-bond donors (Lipinski definition) is 1. The van der Waals surface area contributed by atoms with Crippen LogP contribution >= 0.6 is 0 Å². The zero-order valence-corrected chi connectivity index (χ0v) is 12.3. The predicted octanol–water partition coefficient (Wildman–Crippen LogP) is 2.96. The van der Waals surface area contributed by atoms with Gasteiger partial charge in [-0.1, -0.05) is 12.8 Å². The second kappa shape index (κ2) is 5.86. The van der Waals surface area contributed by atoms with Crippen LogP contribution in [0.2, 0.25) is 0 Å². The van der Waals surface area contributed by atoms with Crippen molar-refractivity contribution in [3.63, 3.8) is 0 Å². The van der Waals surface area contributed by atoms with Gasteiger partial charge >= 0.3 is 5.97 Å². The summed E-state index contributed by atoms with van der Waals surface area (Å²) in [7, 11) is 0. The van der Waals surface area contributed by atoms with Crippen LogP contribution in [0.5, 0.6) is 0 Å². The summed E-state index contributed by atoms with van der Waals surface area (Å²) in [6.45, 7) is 0. The molecule has 3 unspecified atom stereocenters. The van der Waals surface area contributed by atoms with Gasteiger partial charge in [0, 0.05) is 12.1 Å². The van der Waals surface area contributed by atoms with Gasteiger partial charge in [-0.05, 0) is 31.2 Å². The first-order chi connectivity index (χ1) is 10.9. The molecule has 2 aliphatic rings. The molecule has 1 aliphatic heterocycles. The zero-order valence-electron chi connectivity index (χ0n) is 12.3. The van der Waals surface area contributed by atoms with Crippen molar-refractivity contribution < 1.29 is 27.9 Å². The first kappa shape index (κ1) is 15.8. The fourth-order valence-corrected chi connectivity index (χ4v) is 3.80. The van der Waals surface area contributed by atoms with Crippen LogP contribution in [0.15, 0.2) is 12.1 Å². The summed E-state index contributed by atoms with van der Waals surface area (Å²) in [5, 5.41) is 9.37. The van der Waals surface area contributed by atoms with Gasteiger partial charge in [0.2, 0.25) is 0 Å². The van der Waals surface area contributed by atoms with E-state index in [1.54, 1.807) is 0 Å². The van der Waals surface area contributed by atoms with Gasteiger partial charge in [-0.25, -0.2) is 18.0 Å². The highest BCUT2D eigenvalue weighted by Crippen LogP contribution is 2.40. The van der Waals surface area contributed by atoms with E-state index < -0.39 is 40.9 Å². The van der Waals surface area contributed by atoms with Gasteiger partial charge in [0.1, 0.15) is 11.9 Å². The number of amides is 1. The summed E-state index contributed by atoms with van der Waals surface area (Å²) in [6.07, 6.45) is 3.60. The van der Waals surface area contributed by atoms with E-state index >= 15 is 0 Å². The van der Waals surface area contributed by atoms with Crippen LogP contribution in [-0.2, 0) is 4.79 Å². The highest BCUT2D eigenvalue weighted by molar-refractivity contribution is 5.97. The van der Waals surface area contributed by atoms with Gasteiger partial charge < -0.3 is 10.0 Å². The lowest BCUT2D eigenvalue weighted by atomic mass is 9.84. The summed E-state index contributed by atoms with van der Waals surface area (Å²) in [5.74, 6) is -5.88. The quantitative estimate of drug-likeness (QED) is 0.850. The van der Waals surface area contributed by atoms with E-state index in [-0.39, 0.29) is 12.0 Å². The fourth-order valence-electron chi connectivity index (χ4n) is 3.80. The van der Waals surface area contributed by atoms with E-state index in [4.69, 9.17) is 0 Å². The van der Waals surface area contributed by atoms with Crippen molar-refractivity contribution in [3.8, 4) is 0 Å². The van der Waals surface area contributed by atoms with E-state index in [1.165, 1.54) is 0 Å². The monoisotopic (exact) mass is 327 g/mol. The third-order valence-electron chi connectivity index (χ3n) is 4.85. The number of aliphatic carboxylic acids is 1. The molecular weight excluding hydrogens is 311 g/mol. The Morgan fingerprint density at radius 1 is 1.04 bits per heavy atom. The lowest BCUT2D eigenvalue weighted by molar-refractivity contribution is -0.141. The maximum Gasteiger partial charge on any atom is 0.326 e. The first-order valence-corrected chi connectivity index (χ1v) is 7.60. The van der Waals surface area contributed by atoms with Crippen molar-refractivity contribution in [1.29, 1.82) is 0 Å². The Morgan fingerprint density at radius 3 is 2.39 bits per heavy atom. The molecule has 2 fully saturated rings. The fraction of sp³-hybridized carbons (Fsp3) is 0.500. The lowest BCUT2D eigenvalue weighted by Crippen LogP contribution is -2.46. The standard InChI is InChI=1S/C16H16F3NO3/c17-10-7-12(19)11(18)6-9(10)15(21)20-13-4-2-1-3-8(13)5-14(20)16(22)23/h6-8,13-14H,1-5H2,(H,22,23). The largest absolute Gasteiger partial charge is 0.480 e. The van der Waals surface area contributed by atoms with Crippen LogP contribution < -0.4 is 0 Å². The third kappa shape index (κ3) is 2.68. The number of rotatable bonds is 2. The van der Waals surface area contributed by atoms with Gasteiger partial charge in [0.05, 0.1) is 5.56 Å². The van der Waals surface area contributed by atoms with Crippen LogP contribution in [-0.4, -0.2) is 34.0 Å². The topological polar surface area (TPSA) is 57.6 Å². The minimum absolute atomic E-state index is 0.0576. The van der Waals surface area contributed by atoms with Gasteiger partial charge in [-0.3, -0.25) is 4.79 Å². The first-order valence-electron chi connectivity index (χ1n) is 7.60. The van der Waals surface area contributed by atoms with Gasteiger partial charge in [-0.15, -0.1) is 0 Å². The highest BCUT2D eigenvalue weighted by Gasteiger charge is 2.48. The molecule has 1 N–H and O–H groups in total. The second-order valence-electron chi connectivity index (χ2n) is 6.16. The van der Waals surface area contributed by atoms with Gasteiger partial charge in [0.15, 0.2) is 11.6 Å². The van der Waals surface area contributed by atoms with E-state index in [0.717, 1.165) is 24.2 Å². The average Bonchev–Trinajstić information content (AvgIpc) is 2.90. The van der Waals surface area contributed by atoms with Crippen molar-refractivity contribution in [3.05, 3.63) is 35.1 Å². The predicted molar refractivity (Wildman–Crippen MR) is 74.3 cm³/mol. The molecule has 1 saturated carbocycles. The Balaban J connectivity index is 1.98. The number of fused-ring (bicyclic) bond motifs is 1. The summed E-state index contributed by atoms with van der Waals surface area (Å²) in [6, 6.07) is -0.526. The molecule has 1 aliphatic carbocycles. The summed E-state index contributed by atoms with van der Waals surface area (Å²) in [5.41, 5.74) is -0.624. The zero-order chi connectivity index (χ0) is 16.7. The number of carboxylic acids is 1. The van der Waals surface area contributed by atoms with E-state index in [1.807, 2.05) is 0 Å². The Kier molecular flexibility index (Phi) is 4.04. The van der Waals surface area contributed by atoms with E-state index in [2.05, 4.69) is 0 Å². The molecule has 0 bridgehead atoms. The van der Waals surface area contributed by atoms with Crippen molar-refractivity contribution >= 4 is 11.9 Å². The number of hydrogen-bond acceptors (Lipinski definition) is 2. The van der Waals surface area contributed by atoms with Crippen LogP contribution in [0, 0.1) is 23.4 Å². The van der Waals surface area contributed by atoms with Gasteiger partial charge in [0.25, 0.3) is 5.91 Å². The number of likely N-dealkylation sites (tertiary alicyclic amines) is 1. The number of halogens is 3. The molecule has 3 rings (SSSR count). The van der Waals surface area contributed by atoms with Crippen LogP contribution in [0.4, 0.5) is 13.2 Å². The molecule has 7 heteroatoms. The Bertz CT molecular complexity index is 664.